The van der Waals surface area contributed by atoms with Crippen LogP contribution in [0, 0.1) is 0 Å². The maximum absolute atomic E-state index is 12.2. The predicted molar refractivity (Wildman–Crippen MR) is 97.7 cm³/mol. The Morgan fingerprint density at radius 3 is 1.78 bits per heavy atom. The maximum Gasteiger partial charge on any atom is 0.338 e. The van der Waals surface area contributed by atoms with E-state index in [1.807, 2.05) is 0 Å². The monoisotopic (exact) mass is 379 g/mol. The Balaban J connectivity index is 3.03. The number of anilines is 1. The number of rotatable bonds is 9. The molecule has 0 spiro atoms. The van der Waals surface area contributed by atoms with Crippen LogP contribution in [0.2, 0.25) is 0 Å². The van der Waals surface area contributed by atoms with Crippen molar-refractivity contribution in [2.75, 3.05) is 5.32 Å². The topological polar surface area (TPSA) is 119 Å². The van der Waals surface area contributed by atoms with E-state index < -0.39 is 23.8 Å². The van der Waals surface area contributed by atoms with E-state index in [-0.39, 0.29) is 48.3 Å². The van der Waals surface area contributed by atoms with Gasteiger partial charge < -0.3 is 19.9 Å². The van der Waals surface area contributed by atoms with Crippen LogP contribution in [0.4, 0.5) is 5.69 Å². The van der Waals surface area contributed by atoms with Gasteiger partial charge in [-0.3, -0.25) is 9.59 Å². The molecule has 8 nitrogen and oxygen atoms in total. The number of amides is 1. The van der Waals surface area contributed by atoms with Gasteiger partial charge in [0.1, 0.15) is 0 Å². The van der Waals surface area contributed by atoms with Crippen LogP contribution >= 0.6 is 0 Å². The Morgan fingerprint density at radius 1 is 0.889 bits per heavy atom. The summed E-state index contributed by atoms with van der Waals surface area (Å²) in [7, 11) is 0. The molecule has 0 saturated heterocycles. The van der Waals surface area contributed by atoms with E-state index in [1.54, 1.807) is 27.7 Å². The maximum atomic E-state index is 12.2. The molecule has 0 bridgehead atoms. The summed E-state index contributed by atoms with van der Waals surface area (Å²) in [5.74, 6) is -2.68. The second-order valence-electron chi connectivity index (χ2n) is 6.50. The van der Waals surface area contributed by atoms with Crippen LogP contribution < -0.4 is 5.32 Å². The Morgan fingerprint density at radius 2 is 1.37 bits per heavy atom. The van der Waals surface area contributed by atoms with Crippen molar-refractivity contribution in [1.29, 1.82) is 0 Å². The highest BCUT2D eigenvalue weighted by molar-refractivity contribution is 5.99. The lowest BCUT2D eigenvalue weighted by Crippen LogP contribution is -2.17. The molecule has 2 N–H and O–H groups in total. The quantitative estimate of drug-likeness (QED) is 0.633. The summed E-state index contributed by atoms with van der Waals surface area (Å²) in [6, 6.07) is 4.13. The smallest absolute Gasteiger partial charge is 0.338 e. The van der Waals surface area contributed by atoms with Gasteiger partial charge in [0.05, 0.1) is 23.3 Å². The summed E-state index contributed by atoms with van der Waals surface area (Å²) < 4.78 is 10.3. The van der Waals surface area contributed by atoms with E-state index in [2.05, 4.69) is 5.32 Å². The predicted octanol–water partition coefficient (Wildman–Crippen LogP) is 3.01. The minimum atomic E-state index is -0.986. The van der Waals surface area contributed by atoms with E-state index in [0.29, 0.717) is 0 Å². The number of carbonyl (C=O) groups is 4. The average Bonchev–Trinajstić information content (AvgIpc) is 2.52. The average molecular weight is 379 g/mol. The molecule has 0 radical (unpaired) electrons. The van der Waals surface area contributed by atoms with E-state index in [1.165, 1.54) is 18.2 Å². The minimum Gasteiger partial charge on any atom is -0.481 e. The molecule has 1 amide bonds. The molecule has 1 aromatic carbocycles. The zero-order chi connectivity index (χ0) is 20.6. The van der Waals surface area contributed by atoms with E-state index in [4.69, 9.17) is 14.6 Å². The van der Waals surface area contributed by atoms with Gasteiger partial charge in [0, 0.05) is 18.5 Å². The summed E-state index contributed by atoms with van der Waals surface area (Å²) in [5.41, 5.74) is 0.426. The molecule has 1 rings (SSSR count). The third-order valence-electron chi connectivity index (χ3n) is 3.17. The molecule has 0 fully saturated rings. The number of esters is 2. The van der Waals surface area contributed by atoms with Gasteiger partial charge in [-0.25, -0.2) is 9.59 Å². The first-order chi connectivity index (χ1) is 12.6. The standard InChI is InChI=1S/C19H25NO7/c1-11(2)26-18(24)13-8-14(19(25)27-12(3)4)10-15(9-13)20-16(21)6-5-7-17(22)23/h8-12H,5-7H2,1-4H3,(H,20,21)(H,22,23). The van der Waals surface area contributed by atoms with Crippen molar-refractivity contribution >= 4 is 29.5 Å². The molecule has 0 heterocycles. The largest absolute Gasteiger partial charge is 0.481 e. The van der Waals surface area contributed by atoms with Crippen molar-refractivity contribution in [2.24, 2.45) is 0 Å². The number of carbonyl (C=O) groups excluding carboxylic acids is 3. The van der Waals surface area contributed by atoms with E-state index in [0.717, 1.165) is 0 Å². The first-order valence-corrected chi connectivity index (χ1v) is 8.67. The molecular formula is C19H25NO7. The van der Waals surface area contributed by atoms with E-state index in [9.17, 15) is 19.2 Å². The van der Waals surface area contributed by atoms with Crippen molar-refractivity contribution in [2.45, 2.75) is 59.2 Å². The summed E-state index contributed by atoms with van der Waals surface area (Å²) in [6.45, 7) is 6.78. The molecule has 27 heavy (non-hydrogen) atoms. The molecule has 0 unspecified atom stereocenters. The van der Waals surface area contributed by atoms with Gasteiger partial charge in [-0.1, -0.05) is 0 Å². The lowest BCUT2D eigenvalue weighted by atomic mass is 10.1. The van der Waals surface area contributed by atoms with E-state index >= 15 is 0 Å². The van der Waals surface area contributed by atoms with Crippen molar-refractivity contribution < 1.29 is 33.8 Å². The van der Waals surface area contributed by atoms with Crippen molar-refractivity contribution in [3.05, 3.63) is 29.3 Å². The number of hydrogen-bond donors (Lipinski definition) is 2. The van der Waals surface area contributed by atoms with Crippen molar-refractivity contribution in [1.82, 2.24) is 0 Å². The molecule has 0 aromatic heterocycles. The van der Waals surface area contributed by atoms with Crippen LogP contribution in [0.3, 0.4) is 0 Å². The molecular weight excluding hydrogens is 354 g/mol. The number of ether oxygens (including phenoxy) is 2. The van der Waals surface area contributed by atoms with Crippen molar-refractivity contribution in [3.8, 4) is 0 Å². The lowest BCUT2D eigenvalue weighted by Gasteiger charge is -2.13. The van der Waals surface area contributed by atoms with Crippen LogP contribution in [0.1, 0.15) is 67.7 Å². The summed E-state index contributed by atoms with van der Waals surface area (Å²) >= 11 is 0. The molecule has 0 aliphatic carbocycles. The fraction of sp³-hybridized carbons (Fsp3) is 0.474. The van der Waals surface area contributed by atoms with Crippen LogP contribution in [-0.4, -0.2) is 41.1 Å². The third kappa shape index (κ3) is 8.35. The second-order valence-corrected chi connectivity index (χ2v) is 6.50. The molecule has 0 atom stereocenters. The number of aliphatic carboxylic acids is 1. The number of carboxylic acid groups (broad SMARTS) is 1. The molecule has 8 heteroatoms. The highest BCUT2D eigenvalue weighted by Crippen LogP contribution is 2.19. The highest BCUT2D eigenvalue weighted by Gasteiger charge is 2.17. The fourth-order valence-electron chi connectivity index (χ4n) is 2.12. The number of nitrogens with one attached hydrogen (secondary N) is 1. The number of carboxylic acids is 1. The van der Waals surface area contributed by atoms with Gasteiger partial charge >= 0.3 is 17.9 Å². The number of benzene rings is 1. The van der Waals surface area contributed by atoms with Crippen LogP contribution in [0.5, 0.6) is 0 Å². The Bertz CT molecular complexity index is 670. The van der Waals surface area contributed by atoms with Gasteiger partial charge in [-0.05, 0) is 52.3 Å². The Hall–Kier alpha value is -2.90. The molecule has 1 aromatic rings. The normalized spacial score (nSPS) is 10.6. The first-order valence-electron chi connectivity index (χ1n) is 8.67. The van der Waals surface area contributed by atoms with Crippen LogP contribution in [0.25, 0.3) is 0 Å². The van der Waals surface area contributed by atoms with Gasteiger partial charge in [0.25, 0.3) is 0 Å². The summed E-state index contributed by atoms with van der Waals surface area (Å²) in [4.78, 5) is 46.9. The minimum absolute atomic E-state index is 0.00125. The first kappa shape index (κ1) is 22.1. The molecule has 0 aliphatic heterocycles. The Labute approximate surface area is 157 Å². The third-order valence-corrected chi connectivity index (χ3v) is 3.17. The number of hydrogen-bond acceptors (Lipinski definition) is 6. The SMILES string of the molecule is CC(C)OC(=O)c1cc(NC(=O)CCCC(=O)O)cc(C(=O)OC(C)C)c1. The summed E-state index contributed by atoms with van der Waals surface area (Å²) in [5, 5.41) is 11.2. The lowest BCUT2D eigenvalue weighted by molar-refractivity contribution is -0.137. The summed E-state index contributed by atoms with van der Waals surface area (Å²) in [6.07, 6.45) is -0.646. The van der Waals surface area contributed by atoms with Gasteiger partial charge in [0.2, 0.25) is 5.91 Å². The molecule has 148 valence electrons. The van der Waals surface area contributed by atoms with Gasteiger partial charge in [0.15, 0.2) is 0 Å². The van der Waals surface area contributed by atoms with Crippen LogP contribution in [0.15, 0.2) is 18.2 Å². The fourth-order valence-corrected chi connectivity index (χ4v) is 2.12. The zero-order valence-electron chi connectivity index (χ0n) is 15.9. The Kier molecular flexibility index (Phi) is 8.44. The zero-order valence-corrected chi connectivity index (χ0v) is 15.9. The van der Waals surface area contributed by atoms with Gasteiger partial charge in [-0.2, -0.15) is 0 Å². The highest BCUT2D eigenvalue weighted by atomic mass is 16.5. The molecule has 0 aliphatic rings. The second kappa shape index (κ2) is 10.3. The van der Waals surface area contributed by atoms with Crippen LogP contribution in [-0.2, 0) is 19.1 Å². The van der Waals surface area contributed by atoms with Crippen molar-refractivity contribution in [3.63, 3.8) is 0 Å². The molecule has 0 saturated carbocycles. The van der Waals surface area contributed by atoms with Gasteiger partial charge in [-0.15, -0.1) is 0 Å².